The molecule has 0 aromatic heterocycles. The first-order valence-corrected chi connectivity index (χ1v) is 4.68. The summed E-state index contributed by atoms with van der Waals surface area (Å²) in [5.41, 5.74) is 0. The van der Waals surface area contributed by atoms with Crippen molar-refractivity contribution in [2.24, 2.45) is 0 Å². The molecule has 10 heavy (non-hydrogen) atoms. The van der Waals surface area contributed by atoms with Crippen LogP contribution in [0.1, 0.15) is 19.8 Å². The number of hydrogen-bond acceptors (Lipinski definition) is 1. The molecule has 2 heteroatoms. The second-order valence-corrected chi connectivity index (χ2v) is 3.58. The lowest BCUT2D eigenvalue weighted by molar-refractivity contribution is 0.664. The van der Waals surface area contributed by atoms with Crippen molar-refractivity contribution in [2.75, 3.05) is 13.1 Å². The fourth-order valence-electron chi connectivity index (χ4n) is 0.667. The molecule has 1 unspecified atom stereocenters. The highest BCUT2D eigenvalue weighted by molar-refractivity contribution is 9.09. The Kier molecular flexibility index (Phi) is 7.42. The molecule has 0 aliphatic carbocycles. The first-order chi connectivity index (χ1) is 4.81. The lowest BCUT2D eigenvalue weighted by Crippen LogP contribution is -2.17. The van der Waals surface area contributed by atoms with Crippen LogP contribution in [-0.4, -0.2) is 17.9 Å². The van der Waals surface area contributed by atoms with E-state index in [1.807, 2.05) is 6.08 Å². The lowest BCUT2D eigenvalue weighted by Gasteiger charge is -2.05. The van der Waals surface area contributed by atoms with E-state index in [1.165, 1.54) is 12.8 Å². The van der Waals surface area contributed by atoms with Crippen LogP contribution in [0, 0.1) is 0 Å². The van der Waals surface area contributed by atoms with Crippen molar-refractivity contribution < 1.29 is 0 Å². The van der Waals surface area contributed by atoms with Gasteiger partial charge in [0.15, 0.2) is 0 Å². The van der Waals surface area contributed by atoms with Crippen LogP contribution in [0.3, 0.4) is 0 Å². The summed E-state index contributed by atoms with van der Waals surface area (Å²) in [6, 6.07) is 0. The zero-order valence-corrected chi connectivity index (χ0v) is 8.15. The predicted molar refractivity (Wildman–Crippen MR) is 50.7 cm³/mol. The van der Waals surface area contributed by atoms with Gasteiger partial charge in [-0.25, -0.2) is 0 Å². The average Bonchev–Trinajstić information content (AvgIpc) is 1.98. The van der Waals surface area contributed by atoms with Gasteiger partial charge in [0.05, 0.1) is 0 Å². The Morgan fingerprint density at radius 1 is 1.70 bits per heavy atom. The van der Waals surface area contributed by atoms with Gasteiger partial charge in [-0.1, -0.05) is 28.9 Å². The van der Waals surface area contributed by atoms with Gasteiger partial charge in [-0.2, -0.15) is 0 Å². The molecule has 0 fully saturated rings. The van der Waals surface area contributed by atoms with Crippen molar-refractivity contribution in [1.29, 1.82) is 0 Å². The molecule has 0 rings (SSSR count). The van der Waals surface area contributed by atoms with E-state index in [0.29, 0.717) is 4.83 Å². The summed E-state index contributed by atoms with van der Waals surface area (Å²) in [4.78, 5) is 0.671. The number of nitrogens with one attached hydrogen (secondary N) is 1. The Labute approximate surface area is 72.0 Å². The molecule has 0 spiro atoms. The maximum Gasteiger partial charge on any atom is 0.0155 e. The van der Waals surface area contributed by atoms with E-state index in [9.17, 15) is 0 Å². The summed E-state index contributed by atoms with van der Waals surface area (Å²) < 4.78 is 0. The second-order valence-electron chi connectivity index (χ2n) is 2.29. The largest absolute Gasteiger partial charge is 0.313 e. The van der Waals surface area contributed by atoms with Crippen molar-refractivity contribution in [1.82, 2.24) is 5.32 Å². The average molecular weight is 206 g/mol. The zero-order valence-electron chi connectivity index (χ0n) is 6.57. The minimum Gasteiger partial charge on any atom is -0.313 e. The minimum atomic E-state index is 0.671. The number of rotatable bonds is 6. The SMILES string of the molecule is C=CCNCCC(Br)CC. The van der Waals surface area contributed by atoms with Crippen LogP contribution < -0.4 is 5.32 Å². The number of hydrogen-bond donors (Lipinski definition) is 1. The van der Waals surface area contributed by atoms with Crippen LogP contribution in [0.4, 0.5) is 0 Å². The molecule has 0 aliphatic heterocycles. The minimum absolute atomic E-state index is 0.671. The lowest BCUT2D eigenvalue weighted by atomic mass is 10.2. The topological polar surface area (TPSA) is 12.0 Å². The summed E-state index contributed by atoms with van der Waals surface area (Å²) in [5, 5.41) is 3.25. The molecule has 0 radical (unpaired) electrons. The van der Waals surface area contributed by atoms with Crippen LogP contribution in [-0.2, 0) is 0 Å². The van der Waals surface area contributed by atoms with Gasteiger partial charge in [-0.3, -0.25) is 0 Å². The molecule has 1 nitrogen and oxygen atoms in total. The van der Waals surface area contributed by atoms with E-state index in [-0.39, 0.29) is 0 Å². The van der Waals surface area contributed by atoms with Crippen LogP contribution in [0.15, 0.2) is 12.7 Å². The fourth-order valence-corrected chi connectivity index (χ4v) is 0.896. The van der Waals surface area contributed by atoms with Crippen molar-refractivity contribution in [3.05, 3.63) is 12.7 Å². The third kappa shape index (κ3) is 6.30. The van der Waals surface area contributed by atoms with Gasteiger partial charge in [0.1, 0.15) is 0 Å². The monoisotopic (exact) mass is 205 g/mol. The zero-order chi connectivity index (χ0) is 7.82. The van der Waals surface area contributed by atoms with E-state index < -0.39 is 0 Å². The standard InChI is InChI=1S/C8H16BrN/c1-3-6-10-7-5-8(9)4-2/h3,8,10H,1,4-7H2,2H3. The fraction of sp³-hybridized carbons (Fsp3) is 0.750. The Bertz CT molecular complexity index is 83.3. The van der Waals surface area contributed by atoms with Gasteiger partial charge in [-0.05, 0) is 19.4 Å². The Balaban J connectivity index is 2.95. The van der Waals surface area contributed by atoms with Gasteiger partial charge in [0, 0.05) is 11.4 Å². The van der Waals surface area contributed by atoms with Crippen molar-refractivity contribution in [3.63, 3.8) is 0 Å². The molecule has 0 heterocycles. The van der Waals surface area contributed by atoms with Crippen molar-refractivity contribution in [3.8, 4) is 0 Å². The van der Waals surface area contributed by atoms with E-state index in [0.717, 1.165) is 13.1 Å². The van der Waals surface area contributed by atoms with Gasteiger partial charge >= 0.3 is 0 Å². The Morgan fingerprint density at radius 2 is 2.40 bits per heavy atom. The molecular formula is C8H16BrN. The van der Waals surface area contributed by atoms with E-state index >= 15 is 0 Å². The molecule has 0 aromatic rings. The molecule has 0 amide bonds. The second kappa shape index (κ2) is 7.29. The molecule has 0 aromatic carbocycles. The summed E-state index contributed by atoms with van der Waals surface area (Å²) in [6.45, 7) is 7.81. The summed E-state index contributed by atoms with van der Waals surface area (Å²) >= 11 is 3.56. The van der Waals surface area contributed by atoms with Gasteiger partial charge in [0.2, 0.25) is 0 Å². The number of alkyl halides is 1. The molecule has 1 atom stereocenters. The first-order valence-electron chi connectivity index (χ1n) is 3.77. The molecule has 0 saturated carbocycles. The van der Waals surface area contributed by atoms with E-state index in [1.54, 1.807) is 0 Å². The summed E-state index contributed by atoms with van der Waals surface area (Å²) in [5.74, 6) is 0. The third-order valence-electron chi connectivity index (χ3n) is 1.37. The Hall–Kier alpha value is 0.180. The normalized spacial score (nSPS) is 13.0. The molecule has 0 bridgehead atoms. The van der Waals surface area contributed by atoms with Crippen molar-refractivity contribution in [2.45, 2.75) is 24.6 Å². The van der Waals surface area contributed by atoms with Crippen molar-refractivity contribution >= 4 is 15.9 Å². The van der Waals surface area contributed by atoms with Gasteiger partial charge in [-0.15, -0.1) is 6.58 Å². The maximum atomic E-state index is 3.62. The van der Waals surface area contributed by atoms with Crippen LogP contribution >= 0.6 is 15.9 Å². The quantitative estimate of drug-likeness (QED) is 0.399. The molecule has 60 valence electrons. The Morgan fingerprint density at radius 3 is 2.90 bits per heavy atom. The highest BCUT2D eigenvalue weighted by Crippen LogP contribution is 2.07. The highest BCUT2D eigenvalue weighted by atomic mass is 79.9. The van der Waals surface area contributed by atoms with Gasteiger partial charge in [0.25, 0.3) is 0 Å². The highest BCUT2D eigenvalue weighted by Gasteiger charge is 1.97. The number of halogens is 1. The third-order valence-corrected chi connectivity index (χ3v) is 2.47. The van der Waals surface area contributed by atoms with Crippen LogP contribution in [0.2, 0.25) is 0 Å². The molecular weight excluding hydrogens is 190 g/mol. The maximum absolute atomic E-state index is 3.62. The molecule has 0 saturated heterocycles. The van der Waals surface area contributed by atoms with E-state index in [2.05, 4.69) is 34.7 Å². The first kappa shape index (κ1) is 10.2. The summed E-state index contributed by atoms with van der Waals surface area (Å²) in [6.07, 6.45) is 4.29. The van der Waals surface area contributed by atoms with Crippen LogP contribution in [0.5, 0.6) is 0 Å². The van der Waals surface area contributed by atoms with E-state index in [4.69, 9.17) is 0 Å². The van der Waals surface area contributed by atoms with Gasteiger partial charge < -0.3 is 5.32 Å². The predicted octanol–water partition coefficient (Wildman–Crippen LogP) is 2.33. The van der Waals surface area contributed by atoms with Crippen LogP contribution in [0.25, 0.3) is 0 Å². The smallest absolute Gasteiger partial charge is 0.0155 e. The molecule has 1 N–H and O–H groups in total. The summed E-state index contributed by atoms with van der Waals surface area (Å²) in [7, 11) is 0. The molecule has 0 aliphatic rings.